The van der Waals surface area contributed by atoms with Gasteiger partial charge in [0.05, 0.1) is 5.56 Å². The number of para-hydroxylation sites is 1. The van der Waals surface area contributed by atoms with Crippen LogP contribution in [0, 0.1) is 11.8 Å². The summed E-state index contributed by atoms with van der Waals surface area (Å²) >= 11 is 0. The lowest BCUT2D eigenvalue weighted by molar-refractivity contribution is 0.370. The monoisotopic (exact) mass is 442 g/mol. The van der Waals surface area contributed by atoms with Gasteiger partial charge in [0.2, 0.25) is 0 Å². The summed E-state index contributed by atoms with van der Waals surface area (Å²) in [5.41, 5.74) is 0.385. The lowest BCUT2D eigenvalue weighted by atomic mass is 10.1. The van der Waals surface area contributed by atoms with Crippen molar-refractivity contribution in [2.24, 2.45) is 0 Å². The Morgan fingerprint density at radius 2 is 1.52 bits per heavy atom. The Kier molecular flexibility index (Phi) is 11.6. The second-order valence-corrected chi connectivity index (χ2v) is 10.7. The van der Waals surface area contributed by atoms with E-state index >= 15 is 0 Å². The third-order valence-corrected chi connectivity index (χ3v) is 7.71. The molecule has 0 aromatic heterocycles. The molecule has 0 heterocycles. The highest BCUT2D eigenvalue weighted by molar-refractivity contribution is 7.77. The van der Waals surface area contributed by atoms with Gasteiger partial charge in [-0.1, -0.05) is 88.8 Å². The minimum Gasteiger partial charge on any atom is -0.420 e. The van der Waals surface area contributed by atoms with E-state index in [0.29, 0.717) is 12.0 Å². The van der Waals surface area contributed by atoms with Crippen LogP contribution in [-0.4, -0.2) is 14.7 Å². The summed E-state index contributed by atoms with van der Waals surface area (Å²) in [6.45, 7) is 5.23. The molecule has 0 saturated carbocycles. The van der Waals surface area contributed by atoms with Crippen LogP contribution in [0.2, 0.25) is 0 Å². The maximum atomic E-state index is 12.1. The van der Waals surface area contributed by atoms with Crippen molar-refractivity contribution >= 4 is 15.2 Å². The summed E-state index contributed by atoms with van der Waals surface area (Å²) in [6.07, 6.45) is 11.8. The zero-order valence-corrected chi connectivity index (χ0v) is 18.8. The largest absolute Gasteiger partial charge is 0.420 e. The molecule has 1 aromatic rings. The van der Waals surface area contributed by atoms with Crippen LogP contribution in [0.15, 0.2) is 35.9 Å². The molecule has 1 rings (SSSR count). The van der Waals surface area contributed by atoms with Crippen molar-refractivity contribution in [2.45, 2.75) is 71.1 Å². The van der Waals surface area contributed by atoms with E-state index in [1.807, 2.05) is 0 Å². The Morgan fingerprint density at radius 1 is 0.966 bits per heavy atom. The first kappa shape index (κ1) is 25.7. The van der Waals surface area contributed by atoms with Crippen LogP contribution in [-0.2, 0) is 9.13 Å². The molecule has 0 aliphatic rings. The molecule has 3 N–H and O–H groups in total. The van der Waals surface area contributed by atoms with Gasteiger partial charge in [0.1, 0.15) is 5.75 Å². The smallest absolute Gasteiger partial charge is 0.415 e. The molecule has 8 heteroatoms. The molecule has 6 nitrogen and oxygen atoms in total. The van der Waals surface area contributed by atoms with E-state index in [4.69, 9.17) is 14.3 Å². The lowest BCUT2D eigenvalue weighted by Gasteiger charge is -2.16. The zero-order chi connectivity index (χ0) is 21.8. The topological polar surface area (TPSA) is 104 Å². The van der Waals surface area contributed by atoms with E-state index in [-0.39, 0.29) is 5.75 Å². The zero-order valence-electron chi connectivity index (χ0n) is 17.0. The van der Waals surface area contributed by atoms with Crippen LogP contribution in [0.4, 0.5) is 0 Å². The van der Waals surface area contributed by atoms with Gasteiger partial charge in [-0.05, 0) is 18.6 Å². The minimum atomic E-state index is -4.95. The molecule has 0 saturated heterocycles. The summed E-state index contributed by atoms with van der Waals surface area (Å²) in [5.74, 6) is 5.93. The van der Waals surface area contributed by atoms with Gasteiger partial charge in [-0.15, -0.1) is 0 Å². The Bertz CT molecular complexity index is 803. The normalized spacial score (nSPS) is 13.2. The summed E-state index contributed by atoms with van der Waals surface area (Å²) < 4.78 is 28.3. The van der Waals surface area contributed by atoms with Crippen molar-refractivity contribution in [1.82, 2.24) is 0 Å². The van der Waals surface area contributed by atoms with Crippen molar-refractivity contribution in [3.05, 3.63) is 41.5 Å². The van der Waals surface area contributed by atoms with Crippen LogP contribution >= 0.6 is 15.2 Å². The third-order valence-electron chi connectivity index (χ3n) is 4.40. The molecule has 0 aliphatic carbocycles. The SMILES string of the molecule is C=C(P(=O)(O)O)P(=O)(O)Oc1ccccc1C#CCCCCCCCCCCC. The van der Waals surface area contributed by atoms with Gasteiger partial charge in [0.25, 0.3) is 0 Å². The average molecular weight is 442 g/mol. The van der Waals surface area contributed by atoms with Crippen molar-refractivity contribution in [3.8, 4) is 17.6 Å². The fourth-order valence-electron chi connectivity index (χ4n) is 2.68. The predicted octanol–water partition coefficient (Wildman–Crippen LogP) is 6.17. The van der Waals surface area contributed by atoms with E-state index in [9.17, 15) is 14.0 Å². The number of benzene rings is 1. The van der Waals surface area contributed by atoms with Crippen LogP contribution < -0.4 is 4.52 Å². The summed E-state index contributed by atoms with van der Waals surface area (Å²) in [7, 11) is -9.69. The first-order valence-electron chi connectivity index (χ1n) is 10.0. The standard InChI is InChI=1S/C21H32O6P2/c1-3-4-5-6-7-8-9-10-11-12-13-16-20-17-14-15-18-21(20)27-29(25,26)19(2)28(22,23)24/h14-15,17-18H,2-12H2,1H3,(H,25,26)(H2,22,23,24). The Labute approximate surface area is 174 Å². The molecule has 162 valence electrons. The molecule has 1 atom stereocenters. The first-order valence-corrected chi connectivity index (χ1v) is 13.2. The second-order valence-electron chi connectivity index (χ2n) is 6.95. The number of rotatable bonds is 13. The predicted molar refractivity (Wildman–Crippen MR) is 117 cm³/mol. The highest BCUT2D eigenvalue weighted by atomic mass is 31.2. The fraction of sp³-hybridized carbons (Fsp3) is 0.524. The molecular formula is C21H32O6P2. The van der Waals surface area contributed by atoms with Gasteiger partial charge in [-0.3, -0.25) is 4.57 Å². The van der Waals surface area contributed by atoms with Crippen LogP contribution in [0.1, 0.15) is 76.7 Å². The van der Waals surface area contributed by atoms with Gasteiger partial charge >= 0.3 is 15.2 Å². The molecule has 0 aliphatic heterocycles. The van der Waals surface area contributed by atoms with Crippen molar-refractivity contribution in [3.63, 3.8) is 0 Å². The second kappa shape index (κ2) is 13.1. The molecule has 0 bridgehead atoms. The van der Waals surface area contributed by atoms with Crippen molar-refractivity contribution < 1.29 is 28.3 Å². The highest BCUT2D eigenvalue weighted by Crippen LogP contribution is 2.65. The number of hydrogen-bond acceptors (Lipinski definition) is 3. The molecule has 0 radical (unpaired) electrons. The Balaban J connectivity index is 2.50. The van der Waals surface area contributed by atoms with Gasteiger partial charge in [0, 0.05) is 6.42 Å². The van der Waals surface area contributed by atoms with Crippen molar-refractivity contribution in [1.29, 1.82) is 0 Å². The fourth-order valence-corrected chi connectivity index (χ4v) is 4.65. The molecule has 0 spiro atoms. The van der Waals surface area contributed by atoms with Crippen LogP contribution in [0.25, 0.3) is 0 Å². The summed E-state index contributed by atoms with van der Waals surface area (Å²) in [4.78, 5) is 28.0. The van der Waals surface area contributed by atoms with E-state index in [2.05, 4.69) is 25.3 Å². The summed E-state index contributed by atoms with van der Waals surface area (Å²) in [6, 6.07) is 6.34. The molecule has 29 heavy (non-hydrogen) atoms. The molecular weight excluding hydrogens is 410 g/mol. The van der Waals surface area contributed by atoms with Gasteiger partial charge < -0.3 is 19.2 Å². The van der Waals surface area contributed by atoms with E-state index < -0.39 is 20.2 Å². The third kappa shape index (κ3) is 10.3. The van der Waals surface area contributed by atoms with Gasteiger partial charge in [0.15, 0.2) is 5.06 Å². The molecule has 1 aromatic carbocycles. The molecule has 0 fully saturated rings. The average Bonchev–Trinajstić information content (AvgIpc) is 2.65. The number of hydrogen-bond donors (Lipinski definition) is 3. The van der Waals surface area contributed by atoms with E-state index in [1.165, 1.54) is 51.0 Å². The quantitative estimate of drug-likeness (QED) is 0.192. The van der Waals surface area contributed by atoms with Crippen LogP contribution in [0.3, 0.4) is 0 Å². The molecule has 1 unspecified atom stereocenters. The highest BCUT2D eigenvalue weighted by Gasteiger charge is 2.38. The van der Waals surface area contributed by atoms with E-state index in [1.54, 1.807) is 18.2 Å². The maximum Gasteiger partial charge on any atom is 0.415 e. The van der Waals surface area contributed by atoms with Gasteiger partial charge in [-0.25, -0.2) is 4.57 Å². The summed E-state index contributed by atoms with van der Waals surface area (Å²) in [5, 5.41) is -1.14. The maximum absolute atomic E-state index is 12.1. The Hall–Kier alpha value is -1.34. The molecule has 0 amide bonds. The van der Waals surface area contributed by atoms with Gasteiger partial charge in [-0.2, -0.15) is 0 Å². The number of unbranched alkanes of at least 4 members (excludes halogenated alkanes) is 9. The minimum absolute atomic E-state index is 0.00693. The lowest BCUT2D eigenvalue weighted by Crippen LogP contribution is -1.97. The first-order chi connectivity index (χ1) is 13.7. The Morgan fingerprint density at radius 3 is 2.10 bits per heavy atom. The van der Waals surface area contributed by atoms with Crippen LogP contribution in [0.5, 0.6) is 5.75 Å². The van der Waals surface area contributed by atoms with E-state index in [0.717, 1.165) is 12.8 Å². The van der Waals surface area contributed by atoms with Crippen molar-refractivity contribution in [2.75, 3.05) is 0 Å².